The second-order valence-corrected chi connectivity index (χ2v) is 3.12. The Bertz CT molecular complexity index is 130. The Morgan fingerprint density at radius 2 is 1.57 bits per heavy atom. The van der Waals surface area contributed by atoms with E-state index in [0.29, 0.717) is 0 Å². The first-order valence-electron chi connectivity index (χ1n) is 4.58. The van der Waals surface area contributed by atoms with Gasteiger partial charge in [-0.05, 0) is 38.3 Å². The van der Waals surface area contributed by atoms with Crippen LogP contribution >= 0.6 is 0 Å². The van der Waals surface area contributed by atoms with Crippen molar-refractivity contribution < 1.29 is 17.3 Å². The largest absolute Gasteiger partial charge is 0.673 e. The van der Waals surface area contributed by atoms with Gasteiger partial charge in [0.15, 0.2) is 0 Å². The van der Waals surface area contributed by atoms with E-state index in [1.165, 1.54) is 25.7 Å². The van der Waals surface area contributed by atoms with Crippen LogP contribution in [-0.4, -0.2) is 13.0 Å². The fraction of sp³-hybridized carbons (Fsp3) is 0.750. The van der Waals surface area contributed by atoms with Gasteiger partial charge in [0, 0.05) is 0 Å². The third-order valence-corrected chi connectivity index (χ3v) is 1.55. The Kier molecular flexibility index (Phi) is 12.8. The lowest BCUT2D eigenvalue weighted by atomic mass is 10.2. The molecule has 0 atom stereocenters. The zero-order valence-corrected chi connectivity index (χ0v) is 9.28. The SMILES string of the molecule is CC/C=C/CCCC[SH2+].F[B-](F)(F)F. The number of unbranched alkanes of at least 4 members (excludes halogenated alkanes) is 2. The van der Waals surface area contributed by atoms with Crippen molar-refractivity contribution in [1.82, 2.24) is 0 Å². The number of halogens is 4. The lowest BCUT2D eigenvalue weighted by Crippen LogP contribution is -2.02. The van der Waals surface area contributed by atoms with Crippen LogP contribution in [-0.2, 0) is 12.6 Å². The predicted octanol–water partition coefficient (Wildman–Crippen LogP) is 3.43. The molecule has 0 amide bonds. The maximum atomic E-state index is 9.75. The van der Waals surface area contributed by atoms with E-state index < -0.39 is 7.25 Å². The molecule has 86 valence electrons. The van der Waals surface area contributed by atoms with E-state index in [1.807, 2.05) is 0 Å². The molecule has 0 heterocycles. The Balaban J connectivity index is 0. The van der Waals surface area contributed by atoms with Crippen molar-refractivity contribution in [3.63, 3.8) is 0 Å². The number of hydrogen-bond donors (Lipinski definition) is 0. The molecule has 0 aliphatic carbocycles. The Morgan fingerprint density at radius 1 is 1.07 bits per heavy atom. The first kappa shape index (κ1) is 16.3. The molecule has 0 saturated heterocycles. The quantitative estimate of drug-likeness (QED) is 0.224. The van der Waals surface area contributed by atoms with E-state index in [0.717, 1.165) is 5.75 Å². The molecule has 0 fully saturated rings. The van der Waals surface area contributed by atoms with Crippen LogP contribution in [0.3, 0.4) is 0 Å². The molecule has 0 aromatic heterocycles. The molecule has 0 aromatic carbocycles. The van der Waals surface area contributed by atoms with E-state index in [9.17, 15) is 17.3 Å². The van der Waals surface area contributed by atoms with Crippen LogP contribution in [0, 0.1) is 0 Å². The summed E-state index contributed by atoms with van der Waals surface area (Å²) in [6.45, 7) is 2.17. The minimum Gasteiger partial charge on any atom is -0.418 e. The van der Waals surface area contributed by atoms with Crippen LogP contribution < -0.4 is 0 Å². The van der Waals surface area contributed by atoms with Gasteiger partial charge >= 0.3 is 7.25 Å². The highest BCUT2D eigenvalue weighted by Crippen LogP contribution is 2.06. The first-order chi connectivity index (χ1) is 6.41. The molecule has 0 aromatic rings. The van der Waals surface area contributed by atoms with Gasteiger partial charge in [-0.3, -0.25) is 0 Å². The molecule has 14 heavy (non-hydrogen) atoms. The molecule has 0 aliphatic rings. The van der Waals surface area contributed by atoms with Crippen molar-refractivity contribution in [1.29, 1.82) is 0 Å². The molecule has 0 rings (SSSR count). The molecular weight excluding hydrogens is 215 g/mol. The van der Waals surface area contributed by atoms with Crippen LogP contribution in [0.25, 0.3) is 0 Å². The number of allylic oxidation sites excluding steroid dienone is 2. The van der Waals surface area contributed by atoms with Gasteiger partial charge in [-0.2, -0.15) is 0 Å². The maximum absolute atomic E-state index is 9.75. The molecular formula is C8H17BF4S. The van der Waals surface area contributed by atoms with Crippen molar-refractivity contribution in [3.8, 4) is 0 Å². The molecule has 0 spiro atoms. The smallest absolute Gasteiger partial charge is 0.418 e. The molecule has 0 saturated carbocycles. The summed E-state index contributed by atoms with van der Waals surface area (Å²) < 4.78 is 39.0. The van der Waals surface area contributed by atoms with Crippen molar-refractivity contribution in [3.05, 3.63) is 12.2 Å². The molecule has 0 radical (unpaired) electrons. The van der Waals surface area contributed by atoms with Crippen LogP contribution in [0.5, 0.6) is 0 Å². The normalized spacial score (nSPS) is 11.3. The molecule has 0 N–H and O–H groups in total. The standard InChI is InChI=1S/C8H16S.BF4/c1-2-3-4-5-6-7-8-9;2-1(3,4)5/h3-4,9H,2,5-8H2,1H3;/q;-1/p+1/b4-3+;. The van der Waals surface area contributed by atoms with Crippen molar-refractivity contribution in [2.75, 3.05) is 5.75 Å². The molecule has 0 unspecified atom stereocenters. The predicted molar refractivity (Wildman–Crippen MR) is 58.5 cm³/mol. The van der Waals surface area contributed by atoms with E-state index in [1.54, 1.807) is 0 Å². The molecule has 6 heteroatoms. The van der Waals surface area contributed by atoms with E-state index in [4.69, 9.17) is 0 Å². The third kappa shape index (κ3) is 40.7. The summed E-state index contributed by atoms with van der Waals surface area (Å²) in [6.07, 6.45) is 9.53. The van der Waals surface area contributed by atoms with Gasteiger partial charge in [0.05, 0.1) is 0 Å². The summed E-state index contributed by atoms with van der Waals surface area (Å²) in [6, 6.07) is 0. The van der Waals surface area contributed by atoms with E-state index >= 15 is 0 Å². The molecule has 0 bridgehead atoms. The molecule has 0 aliphatic heterocycles. The second-order valence-electron chi connectivity index (χ2n) is 2.62. The van der Waals surface area contributed by atoms with Gasteiger partial charge in [-0.15, -0.1) is 0 Å². The van der Waals surface area contributed by atoms with Crippen LogP contribution in [0.2, 0.25) is 0 Å². The lowest BCUT2D eigenvalue weighted by Gasteiger charge is -1.94. The number of hydrogen-bond acceptors (Lipinski definition) is 0. The average molecular weight is 232 g/mol. The monoisotopic (exact) mass is 232 g/mol. The Labute approximate surface area is 88.3 Å². The van der Waals surface area contributed by atoms with E-state index in [2.05, 4.69) is 31.7 Å². The van der Waals surface area contributed by atoms with Gasteiger partial charge < -0.3 is 17.3 Å². The maximum Gasteiger partial charge on any atom is 0.673 e. The van der Waals surface area contributed by atoms with E-state index in [-0.39, 0.29) is 0 Å². The molecule has 0 nitrogen and oxygen atoms in total. The Morgan fingerprint density at radius 3 is 1.93 bits per heavy atom. The van der Waals surface area contributed by atoms with Crippen LogP contribution in [0.4, 0.5) is 17.3 Å². The highest BCUT2D eigenvalue weighted by molar-refractivity contribution is 7.58. The third-order valence-electron chi connectivity index (χ3n) is 1.20. The summed E-state index contributed by atoms with van der Waals surface area (Å²) in [5.74, 6) is 1.14. The minimum absolute atomic E-state index is 1.14. The summed E-state index contributed by atoms with van der Waals surface area (Å²) in [5, 5.41) is 0. The zero-order valence-electron chi connectivity index (χ0n) is 8.28. The van der Waals surface area contributed by atoms with Gasteiger partial charge in [0.25, 0.3) is 0 Å². The van der Waals surface area contributed by atoms with Crippen molar-refractivity contribution >= 4 is 19.9 Å². The summed E-state index contributed by atoms with van der Waals surface area (Å²) in [7, 11) is -6.00. The summed E-state index contributed by atoms with van der Waals surface area (Å²) in [5.41, 5.74) is 0. The highest BCUT2D eigenvalue weighted by Gasteiger charge is 2.20. The van der Waals surface area contributed by atoms with Gasteiger partial charge in [-0.25, -0.2) is 0 Å². The second kappa shape index (κ2) is 11.0. The first-order valence-corrected chi connectivity index (χ1v) is 5.29. The zero-order chi connectivity index (χ0) is 11.4. The van der Waals surface area contributed by atoms with Crippen LogP contribution in [0.15, 0.2) is 12.2 Å². The Hall–Kier alpha value is -0.125. The van der Waals surface area contributed by atoms with Gasteiger partial charge in [0.1, 0.15) is 5.75 Å². The van der Waals surface area contributed by atoms with Crippen molar-refractivity contribution in [2.45, 2.75) is 32.6 Å². The van der Waals surface area contributed by atoms with Crippen LogP contribution in [0.1, 0.15) is 32.6 Å². The summed E-state index contributed by atoms with van der Waals surface area (Å²) >= 11 is 3.44. The summed E-state index contributed by atoms with van der Waals surface area (Å²) in [4.78, 5) is 0. The fourth-order valence-corrected chi connectivity index (χ4v) is 0.922. The fourth-order valence-electron chi connectivity index (χ4n) is 0.672. The number of rotatable bonds is 5. The van der Waals surface area contributed by atoms with Gasteiger partial charge in [0.2, 0.25) is 0 Å². The van der Waals surface area contributed by atoms with Gasteiger partial charge in [-0.1, -0.05) is 19.1 Å². The average Bonchev–Trinajstić information content (AvgIpc) is 2.01. The minimum atomic E-state index is -6.00. The topological polar surface area (TPSA) is 0 Å². The highest BCUT2D eigenvalue weighted by atomic mass is 32.1. The lowest BCUT2D eigenvalue weighted by molar-refractivity contribution is 0.368. The van der Waals surface area contributed by atoms with Crippen molar-refractivity contribution in [2.24, 2.45) is 0 Å².